The topological polar surface area (TPSA) is 63.3 Å². The summed E-state index contributed by atoms with van der Waals surface area (Å²) in [6.07, 6.45) is -4.71. The van der Waals surface area contributed by atoms with Crippen LogP contribution in [0.5, 0.6) is 0 Å². The van der Waals surface area contributed by atoms with Gasteiger partial charge in [-0.2, -0.15) is 13.2 Å². The first-order chi connectivity index (χ1) is 7.30. The van der Waals surface area contributed by atoms with E-state index in [0.717, 1.165) is 12.1 Å². The maximum absolute atomic E-state index is 12.2. The molecule has 0 radical (unpaired) electrons. The minimum atomic E-state index is -4.39. The van der Waals surface area contributed by atoms with Gasteiger partial charge in [0.2, 0.25) is 0 Å². The van der Waals surface area contributed by atoms with Gasteiger partial charge in [-0.25, -0.2) is 0 Å². The first-order valence-corrected chi connectivity index (χ1v) is 4.45. The second-order valence-corrected chi connectivity index (χ2v) is 3.32. The van der Waals surface area contributed by atoms with E-state index >= 15 is 0 Å². The summed E-state index contributed by atoms with van der Waals surface area (Å²) in [7, 11) is 0. The molecular formula is C10H11ClF3NO2. The minimum Gasteiger partial charge on any atom is -0.481 e. The van der Waals surface area contributed by atoms with Gasteiger partial charge < -0.3 is 10.8 Å². The number of carbonyl (C=O) groups is 1. The molecule has 0 saturated heterocycles. The van der Waals surface area contributed by atoms with Crippen molar-refractivity contribution in [2.24, 2.45) is 5.73 Å². The van der Waals surface area contributed by atoms with Crippen molar-refractivity contribution in [1.82, 2.24) is 0 Å². The number of aliphatic carboxylic acids is 1. The average Bonchev–Trinajstić information content (AvgIpc) is 2.15. The van der Waals surface area contributed by atoms with E-state index in [1.54, 1.807) is 0 Å². The number of hydrogen-bond donors (Lipinski definition) is 2. The summed E-state index contributed by atoms with van der Waals surface area (Å²) < 4.78 is 36.6. The molecule has 0 heterocycles. The number of carboxylic acids is 1. The Balaban J connectivity index is 0.00000256. The zero-order chi connectivity index (χ0) is 12.3. The molecule has 0 fully saturated rings. The van der Waals surface area contributed by atoms with Crippen molar-refractivity contribution >= 4 is 18.4 Å². The number of rotatable bonds is 3. The van der Waals surface area contributed by atoms with Crippen LogP contribution < -0.4 is 5.73 Å². The van der Waals surface area contributed by atoms with E-state index in [-0.39, 0.29) is 18.8 Å². The van der Waals surface area contributed by atoms with Gasteiger partial charge in [0.1, 0.15) is 0 Å². The lowest BCUT2D eigenvalue weighted by Crippen LogP contribution is -2.15. The second-order valence-electron chi connectivity index (χ2n) is 3.32. The Morgan fingerprint density at radius 2 is 1.76 bits per heavy atom. The monoisotopic (exact) mass is 269 g/mol. The summed E-state index contributed by atoms with van der Waals surface area (Å²) in [5.41, 5.74) is 5.08. The predicted octanol–water partition coefficient (Wildman–Crippen LogP) is 2.60. The molecule has 17 heavy (non-hydrogen) atoms. The zero-order valence-electron chi connectivity index (χ0n) is 8.57. The molecule has 1 unspecified atom stereocenters. The molecule has 1 rings (SSSR count). The van der Waals surface area contributed by atoms with Crippen LogP contribution in [0.15, 0.2) is 24.3 Å². The van der Waals surface area contributed by atoms with Gasteiger partial charge in [-0.05, 0) is 17.7 Å². The van der Waals surface area contributed by atoms with Crippen molar-refractivity contribution in [2.75, 3.05) is 0 Å². The van der Waals surface area contributed by atoms with Crippen LogP contribution in [0.25, 0.3) is 0 Å². The molecule has 0 saturated carbocycles. The Hall–Kier alpha value is -1.27. The van der Waals surface area contributed by atoms with E-state index in [2.05, 4.69) is 0 Å². The van der Waals surface area contributed by atoms with Crippen LogP contribution in [0.4, 0.5) is 13.2 Å². The highest BCUT2D eigenvalue weighted by Gasteiger charge is 2.30. The van der Waals surface area contributed by atoms with Crippen molar-refractivity contribution < 1.29 is 23.1 Å². The van der Waals surface area contributed by atoms with Crippen LogP contribution >= 0.6 is 12.4 Å². The van der Waals surface area contributed by atoms with E-state index in [1.165, 1.54) is 12.1 Å². The molecule has 7 heteroatoms. The Morgan fingerprint density at radius 1 is 1.29 bits per heavy atom. The van der Waals surface area contributed by atoms with Crippen molar-refractivity contribution in [2.45, 2.75) is 18.6 Å². The lowest BCUT2D eigenvalue weighted by molar-refractivity contribution is -0.138. The highest BCUT2D eigenvalue weighted by Crippen LogP contribution is 2.29. The average molecular weight is 270 g/mol. The molecule has 0 aliphatic carbocycles. The molecule has 96 valence electrons. The molecule has 3 N–H and O–H groups in total. The molecule has 3 nitrogen and oxygen atoms in total. The maximum Gasteiger partial charge on any atom is 0.416 e. The van der Waals surface area contributed by atoms with E-state index in [1.807, 2.05) is 0 Å². The van der Waals surface area contributed by atoms with E-state index < -0.39 is 23.8 Å². The maximum atomic E-state index is 12.2. The number of benzene rings is 1. The lowest BCUT2D eigenvalue weighted by atomic mass is 10.0. The van der Waals surface area contributed by atoms with Crippen LogP contribution in [0.2, 0.25) is 0 Å². The second kappa shape index (κ2) is 5.88. The van der Waals surface area contributed by atoms with Crippen molar-refractivity contribution in [1.29, 1.82) is 0 Å². The first-order valence-electron chi connectivity index (χ1n) is 4.45. The molecular weight excluding hydrogens is 259 g/mol. The van der Waals surface area contributed by atoms with Crippen LogP contribution in [0.3, 0.4) is 0 Å². The van der Waals surface area contributed by atoms with Crippen LogP contribution in [0.1, 0.15) is 23.6 Å². The molecule has 1 atom stereocenters. The van der Waals surface area contributed by atoms with Crippen LogP contribution in [-0.4, -0.2) is 11.1 Å². The summed E-state index contributed by atoms with van der Waals surface area (Å²) in [5, 5.41) is 8.47. The normalized spacial score (nSPS) is 12.7. The van der Waals surface area contributed by atoms with Crippen LogP contribution in [0, 0.1) is 0 Å². The molecule has 0 aliphatic rings. The van der Waals surface area contributed by atoms with Crippen molar-refractivity contribution in [3.05, 3.63) is 35.4 Å². The summed E-state index contributed by atoms with van der Waals surface area (Å²) in [6, 6.07) is 3.36. The fourth-order valence-corrected chi connectivity index (χ4v) is 1.23. The third-order valence-electron chi connectivity index (χ3n) is 2.06. The zero-order valence-corrected chi connectivity index (χ0v) is 9.39. The molecule has 1 aromatic rings. The third-order valence-corrected chi connectivity index (χ3v) is 2.06. The Labute approximate surface area is 102 Å². The van der Waals surface area contributed by atoms with E-state index in [0.29, 0.717) is 5.56 Å². The van der Waals surface area contributed by atoms with Gasteiger partial charge >= 0.3 is 12.1 Å². The van der Waals surface area contributed by atoms with Crippen LogP contribution in [-0.2, 0) is 11.0 Å². The van der Waals surface area contributed by atoms with Gasteiger partial charge in [-0.1, -0.05) is 12.1 Å². The Morgan fingerprint density at radius 3 is 2.12 bits per heavy atom. The summed E-state index contributed by atoms with van der Waals surface area (Å²) >= 11 is 0. The fraction of sp³-hybridized carbons (Fsp3) is 0.300. The minimum absolute atomic E-state index is 0. The van der Waals surface area contributed by atoms with E-state index in [4.69, 9.17) is 10.8 Å². The highest BCUT2D eigenvalue weighted by atomic mass is 35.5. The van der Waals surface area contributed by atoms with Gasteiger partial charge in [-0.15, -0.1) is 12.4 Å². The van der Waals surface area contributed by atoms with E-state index in [9.17, 15) is 18.0 Å². The van der Waals surface area contributed by atoms with Gasteiger partial charge in [0.25, 0.3) is 0 Å². The standard InChI is InChI=1S/C10H10F3NO2.ClH/c11-10(12,13)7-3-1-6(2-4-7)8(14)5-9(15)16;/h1-4,8H,5,14H2,(H,15,16);1H. The number of hydrogen-bond acceptors (Lipinski definition) is 2. The summed E-state index contributed by atoms with van der Waals surface area (Å²) in [5.74, 6) is -1.09. The molecule has 0 spiro atoms. The molecule has 0 bridgehead atoms. The molecule has 0 amide bonds. The quantitative estimate of drug-likeness (QED) is 0.886. The third kappa shape index (κ3) is 4.62. The first kappa shape index (κ1) is 15.7. The summed E-state index contributed by atoms with van der Waals surface area (Å²) in [4.78, 5) is 10.3. The van der Waals surface area contributed by atoms with Gasteiger partial charge in [0.05, 0.1) is 12.0 Å². The molecule has 1 aromatic carbocycles. The molecule has 0 aromatic heterocycles. The number of nitrogens with two attached hydrogens (primary N) is 1. The SMILES string of the molecule is Cl.NC(CC(=O)O)c1ccc(C(F)(F)F)cc1. The van der Waals surface area contributed by atoms with Gasteiger partial charge in [0.15, 0.2) is 0 Å². The Kier molecular flexibility index (Phi) is 5.44. The number of halogens is 4. The smallest absolute Gasteiger partial charge is 0.416 e. The lowest BCUT2D eigenvalue weighted by Gasteiger charge is -2.11. The molecule has 0 aliphatic heterocycles. The fourth-order valence-electron chi connectivity index (χ4n) is 1.23. The Bertz CT molecular complexity index is 378. The number of carboxylic acid groups (broad SMARTS) is 1. The largest absolute Gasteiger partial charge is 0.481 e. The van der Waals surface area contributed by atoms with Gasteiger partial charge in [0, 0.05) is 6.04 Å². The summed E-state index contributed by atoms with van der Waals surface area (Å²) in [6.45, 7) is 0. The van der Waals surface area contributed by atoms with Crippen molar-refractivity contribution in [3.63, 3.8) is 0 Å². The predicted molar refractivity (Wildman–Crippen MR) is 57.9 cm³/mol. The van der Waals surface area contributed by atoms with Crippen molar-refractivity contribution in [3.8, 4) is 0 Å². The highest BCUT2D eigenvalue weighted by molar-refractivity contribution is 5.85. The number of alkyl halides is 3. The van der Waals surface area contributed by atoms with Gasteiger partial charge in [-0.3, -0.25) is 4.79 Å².